The minimum Gasteiger partial charge on any atom is -0.384 e. The summed E-state index contributed by atoms with van der Waals surface area (Å²) in [5, 5.41) is 28.5. The summed E-state index contributed by atoms with van der Waals surface area (Å²) in [4.78, 5) is 36.3. The number of aliphatic hydroxyl groups excluding tert-OH is 1. The van der Waals surface area contributed by atoms with Gasteiger partial charge in [0.2, 0.25) is 5.91 Å². The van der Waals surface area contributed by atoms with Gasteiger partial charge in [0.25, 0.3) is 5.91 Å². The number of amides is 2. The lowest BCUT2D eigenvalue weighted by molar-refractivity contribution is -0.126. The minimum absolute atomic E-state index is 0.214. The van der Waals surface area contributed by atoms with Crippen LogP contribution in [0.1, 0.15) is 50.5 Å². The molecule has 0 radical (unpaired) electrons. The average Bonchev–Trinajstić information content (AvgIpc) is 3.17. The van der Waals surface area contributed by atoms with Crippen LogP contribution in [0.3, 0.4) is 0 Å². The summed E-state index contributed by atoms with van der Waals surface area (Å²) in [6.07, 6.45) is 0.993. The molecule has 10 nitrogen and oxygen atoms in total. The predicted octanol–water partition coefficient (Wildman–Crippen LogP) is 1.13. The number of nitrogens with zero attached hydrogens (tertiary/aromatic N) is 3. The largest absolute Gasteiger partial charge is 0.384 e. The summed E-state index contributed by atoms with van der Waals surface area (Å²) in [6.45, 7) is 5.76. The van der Waals surface area contributed by atoms with Crippen molar-refractivity contribution in [3.63, 3.8) is 0 Å². The second-order valence-electron chi connectivity index (χ2n) is 8.43. The highest BCUT2D eigenvalue weighted by Crippen LogP contribution is 2.22. The van der Waals surface area contributed by atoms with Crippen LogP contribution in [-0.2, 0) is 16.1 Å². The number of nitrogens with two attached hydrogens (primary N) is 1. The quantitative estimate of drug-likeness (QED) is 0.306. The Balaban J connectivity index is 0.00000265. The summed E-state index contributed by atoms with van der Waals surface area (Å²) in [5.41, 5.74) is 4.89. The molecule has 1 aromatic heterocycles. The maximum atomic E-state index is 13.1. The molecule has 0 saturated carbocycles. The van der Waals surface area contributed by atoms with Gasteiger partial charge in [0, 0.05) is 18.4 Å². The van der Waals surface area contributed by atoms with E-state index >= 15 is 0 Å². The molecule has 2 unspecified atom stereocenters. The number of rotatable bonds is 10. The topological polar surface area (TPSA) is 163 Å². The molecular formula is C23H34N6O4. The molecule has 0 aliphatic rings. The summed E-state index contributed by atoms with van der Waals surface area (Å²) in [7, 11) is 1.50. The normalized spacial score (nSPS) is 12.6. The molecule has 1 aromatic carbocycles. The Morgan fingerprint density at radius 2 is 1.94 bits per heavy atom. The summed E-state index contributed by atoms with van der Waals surface area (Å²) >= 11 is 0. The van der Waals surface area contributed by atoms with E-state index in [9.17, 15) is 19.5 Å². The number of nitrogens with one attached hydrogen (secondary N) is 2. The standard InChI is InChI=1S/C22H29N5O4.CH5N/c1-22(2,3)19(21(31)24-13-15(29)14-28)25-20(30)18-16-9-5-6-10-17(16)27(26-18)12-8-4-7-11-23;1-2/h5-6,9-10,14-15,19,29H,4,7-8,12-13H2,1-3H3,(H,24,31)(H,25,30);2H2,1H3. The Hall–Kier alpha value is -3.29. The fourth-order valence-corrected chi connectivity index (χ4v) is 3.16. The van der Waals surface area contributed by atoms with E-state index in [0.29, 0.717) is 24.6 Å². The Morgan fingerprint density at radius 1 is 1.27 bits per heavy atom. The fraction of sp³-hybridized carbons (Fsp3) is 0.522. The lowest BCUT2D eigenvalue weighted by Gasteiger charge is -2.30. The average molecular weight is 459 g/mol. The van der Waals surface area contributed by atoms with Crippen LogP contribution >= 0.6 is 0 Å². The van der Waals surface area contributed by atoms with Gasteiger partial charge in [-0.1, -0.05) is 39.0 Å². The van der Waals surface area contributed by atoms with Crippen LogP contribution in [0.4, 0.5) is 0 Å². The zero-order valence-electron chi connectivity index (χ0n) is 19.7. The van der Waals surface area contributed by atoms with Gasteiger partial charge in [-0.2, -0.15) is 10.4 Å². The van der Waals surface area contributed by atoms with Crippen molar-refractivity contribution >= 4 is 29.0 Å². The molecule has 0 fully saturated rings. The highest BCUT2D eigenvalue weighted by molar-refractivity contribution is 6.06. The lowest BCUT2D eigenvalue weighted by Crippen LogP contribution is -2.54. The van der Waals surface area contributed by atoms with Gasteiger partial charge in [-0.05, 0) is 31.4 Å². The highest BCUT2D eigenvalue weighted by atomic mass is 16.3. The number of aromatic nitrogens is 2. The minimum atomic E-state index is -1.30. The maximum absolute atomic E-state index is 13.1. The Morgan fingerprint density at radius 3 is 2.55 bits per heavy atom. The molecule has 0 bridgehead atoms. The van der Waals surface area contributed by atoms with Crippen molar-refractivity contribution in [2.45, 2.75) is 58.7 Å². The zero-order valence-corrected chi connectivity index (χ0v) is 19.7. The number of carbonyl (C=O) groups is 3. The molecule has 2 amide bonds. The number of hydrogen-bond acceptors (Lipinski definition) is 7. The van der Waals surface area contributed by atoms with Crippen LogP contribution in [0.15, 0.2) is 24.3 Å². The molecule has 2 aromatic rings. The smallest absolute Gasteiger partial charge is 0.273 e. The SMILES string of the molecule is CC(C)(C)C(NC(=O)c1nn(CCCCC#N)c2ccccc12)C(=O)NCC(O)C=O.CN. The second kappa shape index (κ2) is 13.3. The number of benzene rings is 1. The van der Waals surface area contributed by atoms with E-state index in [1.54, 1.807) is 31.5 Å². The molecule has 0 aliphatic heterocycles. The van der Waals surface area contributed by atoms with Crippen molar-refractivity contribution in [1.82, 2.24) is 20.4 Å². The lowest BCUT2D eigenvalue weighted by atomic mass is 9.86. The predicted molar refractivity (Wildman–Crippen MR) is 125 cm³/mol. The molecule has 2 atom stereocenters. The van der Waals surface area contributed by atoms with Crippen molar-refractivity contribution in [3.8, 4) is 6.07 Å². The van der Waals surface area contributed by atoms with E-state index in [1.165, 1.54) is 7.05 Å². The first-order chi connectivity index (χ1) is 15.7. The third kappa shape index (κ3) is 7.97. The Kier molecular flexibility index (Phi) is 11.2. The van der Waals surface area contributed by atoms with Crippen LogP contribution in [0.5, 0.6) is 0 Å². The number of nitriles is 1. The van der Waals surface area contributed by atoms with Crippen molar-refractivity contribution in [1.29, 1.82) is 5.26 Å². The summed E-state index contributed by atoms with van der Waals surface area (Å²) in [5.74, 6) is -0.986. The molecular weight excluding hydrogens is 424 g/mol. The van der Waals surface area contributed by atoms with Gasteiger partial charge in [0.15, 0.2) is 5.69 Å². The van der Waals surface area contributed by atoms with Crippen LogP contribution in [-0.4, -0.2) is 58.7 Å². The fourth-order valence-electron chi connectivity index (χ4n) is 3.16. The molecule has 0 aliphatic carbocycles. The van der Waals surface area contributed by atoms with Crippen molar-refractivity contribution in [3.05, 3.63) is 30.0 Å². The molecule has 1 heterocycles. The van der Waals surface area contributed by atoms with Crippen LogP contribution in [0, 0.1) is 16.7 Å². The van der Waals surface area contributed by atoms with Gasteiger partial charge >= 0.3 is 0 Å². The number of aldehydes is 1. The van der Waals surface area contributed by atoms with Crippen LogP contribution in [0.25, 0.3) is 10.9 Å². The second-order valence-corrected chi connectivity index (χ2v) is 8.43. The molecule has 10 heteroatoms. The summed E-state index contributed by atoms with van der Waals surface area (Å²) < 4.78 is 1.74. The van der Waals surface area contributed by atoms with Gasteiger partial charge in [-0.25, -0.2) is 0 Å². The Bertz CT molecular complexity index is 973. The van der Waals surface area contributed by atoms with Crippen molar-refractivity contribution in [2.75, 3.05) is 13.6 Å². The van der Waals surface area contributed by atoms with E-state index in [0.717, 1.165) is 18.4 Å². The van der Waals surface area contributed by atoms with Gasteiger partial charge in [-0.3, -0.25) is 14.3 Å². The number of para-hydroxylation sites is 1. The van der Waals surface area contributed by atoms with Gasteiger partial charge in [-0.15, -0.1) is 0 Å². The van der Waals surface area contributed by atoms with Gasteiger partial charge in [0.1, 0.15) is 18.4 Å². The number of fused-ring (bicyclic) bond motifs is 1. The van der Waals surface area contributed by atoms with E-state index in [1.807, 2.05) is 18.2 Å². The number of aliphatic hydroxyl groups is 1. The Labute approximate surface area is 194 Å². The third-order valence-electron chi connectivity index (χ3n) is 4.83. The molecule has 0 spiro atoms. The zero-order chi connectivity index (χ0) is 25.0. The van der Waals surface area contributed by atoms with Crippen molar-refractivity contribution in [2.24, 2.45) is 11.1 Å². The first-order valence-corrected chi connectivity index (χ1v) is 10.8. The maximum Gasteiger partial charge on any atom is 0.273 e. The molecule has 0 saturated heterocycles. The molecule has 2 rings (SSSR count). The van der Waals surface area contributed by atoms with Crippen LogP contribution in [0.2, 0.25) is 0 Å². The molecule has 5 N–H and O–H groups in total. The molecule has 180 valence electrons. The van der Waals surface area contributed by atoms with Crippen molar-refractivity contribution < 1.29 is 19.5 Å². The monoisotopic (exact) mass is 458 g/mol. The van der Waals surface area contributed by atoms with Crippen LogP contribution < -0.4 is 16.4 Å². The first kappa shape index (κ1) is 27.7. The van der Waals surface area contributed by atoms with E-state index in [4.69, 9.17) is 5.26 Å². The number of unbranched alkanes of at least 4 members (excludes halogenated alkanes) is 2. The molecule has 33 heavy (non-hydrogen) atoms. The third-order valence-corrected chi connectivity index (χ3v) is 4.83. The number of carbonyl (C=O) groups excluding carboxylic acids is 3. The number of hydrogen-bond donors (Lipinski definition) is 4. The van der Waals surface area contributed by atoms with E-state index < -0.39 is 29.4 Å². The number of aryl methyl sites for hydroxylation is 1. The van der Waals surface area contributed by atoms with Gasteiger partial charge in [0.05, 0.1) is 18.1 Å². The van der Waals surface area contributed by atoms with E-state index in [2.05, 4.69) is 27.5 Å². The first-order valence-electron chi connectivity index (χ1n) is 10.8. The van der Waals surface area contributed by atoms with Gasteiger partial charge < -0.3 is 26.3 Å². The van der Waals surface area contributed by atoms with E-state index in [-0.39, 0.29) is 12.2 Å². The highest BCUT2D eigenvalue weighted by Gasteiger charge is 2.34. The summed E-state index contributed by atoms with van der Waals surface area (Å²) in [6, 6.07) is 8.56.